The van der Waals surface area contributed by atoms with Crippen LogP contribution in [0.3, 0.4) is 0 Å². The molecule has 2 unspecified atom stereocenters. The normalized spacial score (nSPS) is 22.2. The summed E-state index contributed by atoms with van der Waals surface area (Å²) >= 11 is 5.58. The lowest BCUT2D eigenvalue weighted by molar-refractivity contribution is 0.156. The first-order valence-electron chi connectivity index (χ1n) is 7.00. The van der Waals surface area contributed by atoms with E-state index in [1.165, 1.54) is 6.26 Å². The van der Waals surface area contributed by atoms with Gasteiger partial charge in [-0.1, -0.05) is 24.0 Å². The van der Waals surface area contributed by atoms with Crippen molar-refractivity contribution in [2.45, 2.75) is 37.0 Å². The summed E-state index contributed by atoms with van der Waals surface area (Å²) in [5.41, 5.74) is 0.791. The van der Waals surface area contributed by atoms with Gasteiger partial charge in [-0.3, -0.25) is 0 Å². The maximum Gasteiger partial charge on any atom is 0.150 e. The Morgan fingerprint density at radius 3 is 2.81 bits per heavy atom. The number of alkyl halides is 1. The minimum atomic E-state index is -3.00. The van der Waals surface area contributed by atoms with Crippen LogP contribution in [0.15, 0.2) is 24.3 Å². The average Bonchev–Trinajstić information content (AvgIpc) is 2.46. The van der Waals surface area contributed by atoms with Crippen LogP contribution < -0.4 is 4.74 Å². The molecule has 0 aromatic heterocycles. The van der Waals surface area contributed by atoms with Crippen molar-refractivity contribution in [3.8, 4) is 17.6 Å². The molecule has 0 radical (unpaired) electrons. The van der Waals surface area contributed by atoms with Gasteiger partial charge in [0.05, 0.1) is 16.7 Å². The predicted molar refractivity (Wildman–Crippen MR) is 85.6 cm³/mol. The molecule has 0 bridgehead atoms. The standard InChI is InChI=1S/C16H19ClO3S/c1-21(18,19)15-9-4-8-14(12-15)20-16-10-3-2-6-13(16)7-5-11-17/h2-3,6,10,14-15H,4,8-9,11-12H2,1H3. The van der Waals surface area contributed by atoms with E-state index in [2.05, 4.69) is 11.8 Å². The molecule has 0 N–H and O–H groups in total. The lowest BCUT2D eigenvalue weighted by Crippen LogP contribution is -2.33. The molecule has 1 aromatic carbocycles. The summed E-state index contributed by atoms with van der Waals surface area (Å²) in [6.45, 7) is 0. The fraction of sp³-hybridized carbons (Fsp3) is 0.500. The van der Waals surface area contributed by atoms with E-state index in [-0.39, 0.29) is 17.2 Å². The Balaban J connectivity index is 2.11. The quantitative estimate of drug-likeness (QED) is 0.633. The smallest absolute Gasteiger partial charge is 0.150 e. The van der Waals surface area contributed by atoms with Crippen molar-refractivity contribution in [1.29, 1.82) is 0 Å². The molecule has 0 heterocycles. The largest absolute Gasteiger partial charge is 0.489 e. The molecule has 1 saturated carbocycles. The van der Waals surface area contributed by atoms with Gasteiger partial charge in [0.1, 0.15) is 21.7 Å². The number of para-hydroxylation sites is 1. The fourth-order valence-corrected chi connectivity index (χ4v) is 3.80. The van der Waals surface area contributed by atoms with Crippen LogP contribution in [0.25, 0.3) is 0 Å². The van der Waals surface area contributed by atoms with Crippen LogP contribution in [0.1, 0.15) is 31.2 Å². The monoisotopic (exact) mass is 326 g/mol. The van der Waals surface area contributed by atoms with E-state index in [9.17, 15) is 8.42 Å². The van der Waals surface area contributed by atoms with E-state index in [4.69, 9.17) is 16.3 Å². The second kappa shape index (κ2) is 7.20. The van der Waals surface area contributed by atoms with Gasteiger partial charge in [0.25, 0.3) is 0 Å². The zero-order valence-electron chi connectivity index (χ0n) is 12.0. The summed E-state index contributed by atoms with van der Waals surface area (Å²) in [5, 5.41) is -0.294. The SMILES string of the molecule is CS(=O)(=O)C1CCCC(Oc2ccccc2C#CCCl)C1. The van der Waals surface area contributed by atoms with E-state index >= 15 is 0 Å². The molecule has 2 rings (SSSR count). The van der Waals surface area contributed by atoms with E-state index in [0.717, 1.165) is 24.8 Å². The number of halogens is 1. The molecule has 1 fully saturated rings. The number of hydrogen-bond donors (Lipinski definition) is 0. The van der Waals surface area contributed by atoms with Gasteiger partial charge < -0.3 is 4.74 Å². The lowest BCUT2D eigenvalue weighted by atomic mass is 9.97. The highest BCUT2D eigenvalue weighted by atomic mass is 35.5. The Hall–Kier alpha value is -1.18. The number of hydrogen-bond acceptors (Lipinski definition) is 3. The van der Waals surface area contributed by atoms with E-state index < -0.39 is 9.84 Å². The molecule has 0 saturated heterocycles. The van der Waals surface area contributed by atoms with Crippen LogP contribution in [0, 0.1) is 11.8 Å². The minimum Gasteiger partial charge on any atom is -0.489 e. The molecule has 114 valence electrons. The van der Waals surface area contributed by atoms with E-state index in [0.29, 0.717) is 12.2 Å². The number of ether oxygens (including phenoxy) is 1. The lowest BCUT2D eigenvalue weighted by Gasteiger charge is -2.28. The number of sulfone groups is 1. The topological polar surface area (TPSA) is 43.4 Å². The summed E-state index contributed by atoms with van der Waals surface area (Å²) in [6, 6.07) is 7.53. The van der Waals surface area contributed by atoms with Crippen molar-refractivity contribution in [1.82, 2.24) is 0 Å². The van der Waals surface area contributed by atoms with Crippen molar-refractivity contribution in [2.24, 2.45) is 0 Å². The molecular weight excluding hydrogens is 308 g/mol. The van der Waals surface area contributed by atoms with Gasteiger partial charge in [-0.25, -0.2) is 8.42 Å². The molecule has 3 nitrogen and oxygen atoms in total. The third-order valence-electron chi connectivity index (χ3n) is 3.65. The number of rotatable bonds is 3. The Kier molecular flexibility index (Phi) is 5.55. The summed E-state index contributed by atoms with van der Waals surface area (Å²) in [6.07, 6.45) is 4.27. The Bertz CT molecular complexity index is 643. The van der Waals surface area contributed by atoms with Gasteiger partial charge in [0.15, 0.2) is 0 Å². The van der Waals surface area contributed by atoms with E-state index in [1.54, 1.807) is 0 Å². The molecule has 0 aliphatic heterocycles. The Morgan fingerprint density at radius 2 is 2.10 bits per heavy atom. The second-order valence-corrected chi connectivity index (χ2v) is 7.88. The zero-order chi connectivity index (χ0) is 15.3. The first kappa shape index (κ1) is 16.2. The van der Waals surface area contributed by atoms with Gasteiger partial charge in [-0.05, 0) is 31.4 Å². The van der Waals surface area contributed by atoms with Crippen molar-refractivity contribution in [2.75, 3.05) is 12.1 Å². The van der Waals surface area contributed by atoms with Gasteiger partial charge in [0, 0.05) is 12.7 Å². The Labute approximate surface area is 131 Å². The maximum atomic E-state index is 11.7. The maximum absolute atomic E-state index is 11.7. The van der Waals surface area contributed by atoms with Gasteiger partial charge in [-0.2, -0.15) is 0 Å². The second-order valence-electron chi connectivity index (χ2n) is 5.29. The fourth-order valence-electron chi connectivity index (χ4n) is 2.58. The zero-order valence-corrected chi connectivity index (χ0v) is 13.6. The minimum absolute atomic E-state index is 0.0718. The van der Waals surface area contributed by atoms with Crippen LogP contribution in [0.2, 0.25) is 0 Å². The predicted octanol–water partition coefficient (Wildman–Crippen LogP) is 3.01. The molecule has 0 spiro atoms. The molecule has 0 amide bonds. The van der Waals surface area contributed by atoms with Crippen molar-refractivity contribution in [3.63, 3.8) is 0 Å². The van der Waals surface area contributed by atoms with Crippen LogP contribution in [-0.2, 0) is 9.84 Å². The first-order chi connectivity index (χ1) is 10.0. The highest BCUT2D eigenvalue weighted by molar-refractivity contribution is 7.91. The molecule has 1 aromatic rings. The van der Waals surface area contributed by atoms with Gasteiger partial charge in [-0.15, -0.1) is 11.6 Å². The summed E-state index contributed by atoms with van der Waals surface area (Å²) < 4.78 is 29.4. The van der Waals surface area contributed by atoms with Crippen molar-refractivity contribution in [3.05, 3.63) is 29.8 Å². The molecular formula is C16H19ClO3S. The third-order valence-corrected chi connectivity index (χ3v) is 5.43. The highest BCUT2D eigenvalue weighted by Gasteiger charge is 2.30. The Morgan fingerprint density at radius 1 is 1.33 bits per heavy atom. The molecule has 2 atom stereocenters. The van der Waals surface area contributed by atoms with Crippen LogP contribution in [0.5, 0.6) is 5.75 Å². The van der Waals surface area contributed by atoms with Crippen LogP contribution in [-0.4, -0.2) is 31.9 Å². The number of benzene rings is 1. The van der Waals surface area contributed by atoms with Crippen molar-refractivity contribution >= 4 is 21.4 Å². The molecule has 1 aliphatic carbocycles. The van der Waals surface area contributed by atoms with E-state index in [1.807, 2.05) is 24.3 Å². The molecule has 21 heavy (non-hydrogen) atoms. The summed E-state index contributed by atoms with van der Waals surface area (Å²) in [4.78, 5) is 0. The summed E-state index contributed by atoms with van der Waals surface area (Å²) in [7, 11) is -3.00. The van der Waals surface area contributed by atoms with Gasteiger partial charge >= 0.3 is 0 Å². The van der Waals surface area contributed by atoms with Crippen LogP contribution >= 0.6 is 11.6 Å². The molecule has 1 aliphatic rings. The van der Waals surface area contributed by atoms with Gasteiger partial charge in [0.2, 0.25) is 0 Å². The third kappa shape index (κ3) is 4.66. The van der Waals surface area contributed by atoms with Crippen LogP contribution in [0.4, 0.5) is 0 Å². The first-order valence-corrected chi connectivity index (χ1v) is 9.49. The highest BCUT2D eigenvalue weighted by Crippen LogP contribution is 2.28. The molecule has 5 heteroatoms. The summed E-state index contributed by atoms with van der Waals surface area (Å²) in [5.74, 6) is 6.76. The van der Waals surface area contributed by atoms with Crippen molar-refractivity contribution < 1.29 is 13.2 Å². The average molecular weight is 327 g/mol.